The largest absolute Gasteiger partial charge is 0.481 e. The van der Waals surface area contributed by atoms with Crippen molar-refractivity contribution < 1.29 is 9.90 Å². The van der Waals surface area contributed by atoms with Crippen molar-refractivity contribution in [2.75, 3.05) is 0 Å². The molecule has 2 bridgehead atoms. The van der Waals surface area contributed by atoms with Gasteiger partial charge in [0.25, 0.3) is 0 Å². The smallest absolute Gasteiger partial charge is 0.308 e. The van der Waals surface area contributed by atoms with E-state index in [1.807, 2.05) is 18.7 Å². The minimum Gasteiger partial charge on any atom is -0.481 e. The minimum atomic E-state index is -0.632. The van der Waals surface area contributed by atoms with Gasteiger partial charge in [0.05, 0.1) is 11.6 Å². The highest BCUT2D eigenvalue weighted by Gasteiger charge is 2.51. The van der Waals surface area contributed by atoms with E-state index in [0.717, 1.165) is 25.0 Å². The molecule has 0 amide bonds. The van der Waals surface area contributed by atoms with Crippen LogP contribution in [0.2, 0.25) is 0 Å². The second kappa shape index (κ2) is 4.34. The summed E-state index contributed by atoms with van der Waals surface area (Å²) in [5.74, 6) is -0.814. The van der Waals surface area contributed by atoms with E-state index in [0.29, 0.717) is 6.04 Å². The van der Waals surface area contributed by atoms with Gasteiger partial charge in [-0.05, 0) is 33.1 Å². The first kappa shape index (κ1) is 12.7. The first-order chi connectivity index (χ1) is 8.99. The fourth-order valence-corrected chi connectivity index (χ4v) is 4.09. The molecule has 5 heteroatoms. The van der Waals surface area contributed by atoms with Crippen LogP contribution in [-0.2, 0) is 11.8 Å². The average molecular weight is 263 g/mol. The summed E-state index contributed by atoms with van der Waals surface area (Å²) in [6.07, 6.45) is 5.03. The summed E-state index contributed by atoms with van der Waals surface area (Å²) in [6.45, 7) is 4.21. The van der Waals surface area contributed by atoms with E-state index in [-0.39, 0.29) is 18.0 Å². The molecule has 0 aromatic carbocycles. The molecule has 0 radical (unpaired) electrons. The summed E-state index contributed by atoms with van der Waals surface area (Å²) in [4.78, 5) is 13.7. The number of hydrogen-bond acceptors (Lipinski definition) is 3. The van der Waals surface area contributed by atoms with E-state index in [9.17, 15) is 9.90 Å². The van der Waals surface area contributed by atoms with Gasteiger partial charge in [-0.2, -0.15) is 5.10 Å². The second-order valence-corrected chi connectivity index (χ2v) is 5.95. The molecule has 104 valence electrons. The standard InChI is InChI=1S/C14H21N3O2/c1-8-12(7-16(3)15-8)9(2)17-10-4-5-13(17)11(6-10)14(18)19/h7,9-11,13H,4-6H2,1-3H3,(H,18,19). The molecular weight excluding hydrogens is 242 g/mol. The highest BCUT2D eigenvalue weighted by molar-refractivity contribution is 5.71. The third-order valence-corrected chi connectivity index (χ3v) is 4.86. The van der Waals surface area contributed by atoms with Crippen LogP contribution in [0.25, 0.3) is 0 Å². The SMILES string of the molecule is Cc1nn(C)cc1C(C)N1C2CCC1C(C(=O)O)C2. The second-order valence-electron chi connectivity index (χ2n) is 5.95. The lowest BCUT2D eigenvalue weighted by Crippen LogP contribution is -2.35. The van der Waals surface area contributed by atoms with Crippen LogP contribution in [0, 0.1) is 12.8 Å². The van der Waals surface area contributed by atoms with Crippen LogP contribution in [0.15, 0.2) is 6.20 Å². The zero-order valence-electron chi connectivity index (χ0n) is 11.7. The number of rotatable bonds is 3. The van der Waals surface area contributed by atoms with Gasteiger partial charge < -0.3 is 5.11 Å². The van der Waals surface area contributed by atoms with E-state index >= 15 is 0 Å². The number of aryl methyl sites for hydroxylation is 2. The average Bonchev–Trinajstić information content (AvgIpc) is 3.00. The van der Waals surface area contributed by atoms with Crippen LogP contribution >= 0.6 is 0 Å². The highest BCUT2D eigenvalue weighted by Crippen LogP contribution is 2.46. The van der Waals surface area contributed by atoms with Crippen LogP contribution in [0.5, 0.6) is 0 Å². The van der Waals surface area contributed by atoms with Crippen molar-refractivity contribution in [3.8, 4) is 0 Å². The molecule has 1 N–H and O–H groups in total. The fraction of sp³-hybridized carbons (Fsp3) is 0.714. The number of carbonyl (C=O) groups is 1. The summed E-state index contributed by atoms with van der Waals surface area (Å²) in [5, 5.41) is 13.7. The number of aliphatic carboxylic acids is 1. The third-order valence-electron chi connectivity index (χ3n) is 4.86. The quantitative estimate of drug-likeness (QED) is 0.902. The molecule has 2 fully saturated rings. The molecule has 0 aliphatic carbocycles. The molecular formula is C14H21N3O2. The zero-order chi connectivity index (χ0) is 13.7. The summed E-state index contributed by atoms with van der Waals surface area (Å²) in [5.41, 5.74) is 2.28. The molecule has 19 heavy (non-hydrogen) atoms. The Kier molecular flexibility index (Phi) is 2.89. The van der Waals surface area contributed by atoms with Gasteiger partial charge in [-0.25, -0.2) is 0 Å². The summed E-state index contributed by atoms with van der Waals surface area (Å²) >= 11 is 0. The van der Waals surface area contributed by atoms with Crippen molar-refractivity contribution >= 4 is 5.97 Å². The summed E-state index contributed by atoms with van der Waals surface area (Å²) in [6, 6.07) is 0.897. The molecule has 0 saturated carbocycles. The van der Waals surface area contributed by atoms with Crippen LogP contribution in [0.1, 0.15) is 43.5 Å². The van der Waals surface area contributed by atoms with Crippen molar-refractivity contribution in [1.29, 1.82) is 0 Å². The highest BCUT2D eigenvalue weighted by atomic mass is 16.4. The van der Waals surface area contributed by atoms with E-state index in [1.165, 1.54) is 5.56 Å². The predicted molar refractivity (Wildman–Crippen MR) is 70.8 cm³/mol. The predicted octanol–water partition coefficient (Wildman–Crippen LogP) is 1.73. The van der Waals surface area contributed by atoms with Crippen molar-refractivity contribution in [1.82, 2.24) is 14.7 Å². The van der Waals surface area contributed by atoms with Gasteiger partial charge in [-0.1, -0.05) is 0 Å². The van der Waals surface area contributed by atoms with Crippen molar-refractivity contribution in [3.05, 3.63) is 17.5 Å². The lowest BCUT2D eigenvalue weighted by molar-refractivity contribution is -0.142. The topological polar surface area (TPSA) is 58.4 Å². The molecule has 2 aliphatic rings. The Morgan fingerprint density at radius 3 is 2.79 bits per heavy atom. The Morgan fingerprint density at radius 1 is 1.53 bits per heavy atom. The minimum absolute atomic E-state index is 0.182. The number of nitrogens with zero attached hydrogens (tertiary/aromatic N) is 3. The maximum absolute atomic E-state index is 11.3. The Morgan fingerprint density at radius 2 is 2.26 bits per heavy atom. The Hall–Kier alpha value is -1.36. The lowest BCUT2D eigenvalue weighted by Gasteiger charge is -2.29. The van der Waals surface area contributed by atoms with E-state index < -0.39 is 5.97 Å². The first-order valence-electron chi connectivity index (χ1n) is 6.99. The number of aromatic nitrogens is 2. The fourth-order valence-electron chi connectivity index (χ4n) is 4.09. The number of fused-ring (bicyclic) bond motifs is 2. The molecule has 3 heterocycles. The summed E-state index contributed by atoms with van der Waals surface area (Å²) in [7, 11) is 1.93. The maximum Gasteiger partial charge on any atom is 0.308 e. The van der Waals surface area contributed by atoms with Crippen LogP contribution in [-0.4, -0.2) is 37.8 Å². The monoisotopic (exact) mass is 263 g/mol. The molecule has 1 aromatic heterocycles. The summed E-state index contributed by atoms with van der Waals surface area (Å²) < 4.78 is 1.84. The lowest BCUT2D eigenvalue weighted by atomic mass is 9.89. The van der Waals surface area contributed by atoms with Gasteiger partial charge in [0.2, 0.25) is 0 Å². The Balaban J connectivity index is 1.87. The van der Waals surface area contributed by atoms with E-state index in [2.05, 4.69) is 23.1 Å². The van der Waals surface area contributed by atoms with Crippen LogP contribution < -0.4 is 0 Å². The van der Waals surface area contributed by atoms with Gasteiger partial charge in [-0.15, -0.1) is 0 Å². The number of hydrogen-bond donors (Lipinski definition) is 1. The zero-order valence-corrected chi connectivity index (χ0v) is 11.7. The van der Waals surface area contributed by atoms with Gasteiger partial charge in [0.1, 0.15) is 0 Å². The third kappa shape index (κ3) is 1.87. The molecule has 4 atom stereocenters. The van der Waals surface area contributed by atoms with Gasteiger partial charge >= 0.3 is 5.97 Å². The molecule has 4 unspecified atom stereocenters. The molecule has 1 aromatic rings. The normalized spacial score (nSPS) is 31.8. The van der Waals surface area contributed by atoms with Crippen LogP contribution in [0.3, 0.4) is 0 Å². The molecule has 0 spiro atoms. The Labute approximate surface area is 113 Å². The number of carboxylic acid groups (broad SMARTS) is 1. The van der Waals surface area contributed by atoms with Crippen molar-refractivity contribution in [2.45, 2.75) is 51.2 Å². The van der Waals surface area contributed by atoms with Crippen molar-refractivity contribution in [2.24, 2.45) is 13.0 Å². The Bertz CT molecular complexity index is 511. The molecule has 2 saturated heterocycles. The van der Waals surface area contributed by atoms with Gasteiger partial charge in [0.15, 0.2) is 0 Å². The van der Waals surface area contributed by atoms with E-state index in [1.54, 1.807) is 0 Å². The molecule has 3 rings (SSSR count). The number of carboxylic acids is 1. The van der Waals surface area contributed by atoms with Gasteiger partial charge in [0, 0.05) is 36.9 Å². The molecule has 2 aliphatic heterocycles. The van der Waals surface area contributed by atoms with E-state index in [4.69, 9.17) is 0 Å². The van der Waals surface area contributed by atoms with Gasteiger partial charge in [-0.3, -0.25) is 14.4 Å². The van der Waals surface area contributed by atoms with Crippen LogP contribution in [0.4, 0.5) is 0 Å². The first-order valence-corrected chi connectivity index (χ1v) is 6.99. The maximum atomic E-state index is 11.3. The molecule has 5 nitrogen and oxygen atoms in total. The van der Waals surface area contributed by atoms with Crippen molar-refractivity contribution in [3.63, 3.8) is 0 Å².